The molecule has 2 N–H and O–H groups in total. The Kier molecular flexibility index (Phi) is 5.08. The summed E-state index contributed by atoms with van der Waals surface area (Å²) in [5.74, 6) is 0. The number of nitrogens with one attached hydrogen (secondary N) is 1. The number of anilines is 1. The second-order valence-corrected chi connectivity index (χ2v) is 4.63. The first kappa shape index (κ1) is 12.5. The zero-order chi connectivity index (χ0) is 11.3. The van der Waals surface area contributed by atoms with Crippen molar-refractivity contribution in [3.8, 4) is 0 Å². The minimum atomic E-state index is -0.355. The van der Waals surface area contributed by atoms with E-state index in [9.17, 15) is 5.11 Å². The maximum Gasteiger partial charge on any atom is 0.0838 e. The predicted octanol–water partition coefficient (Wildman–Crippen LogP) is 1.78. The lowest BCUT2D eigenvalue weighted by Crippen LogP contribution is -2.31. The lowest BCUT2D eigenvalue weighted by atomic mass is 10.3. The van der Waals surface area contributed by atoms with Crippen LogP contribution in [0.25, 0.3) is 0 Å². The highest BCUT2D eigenvalue weighted by Crippen LogP contribution is 2.20. The molecule has 1 atom stereocenters. The van der Waals surface area contributed by atoms with Crippen LogP contribution in [0.5, 0.6) is 0 Å². The fraction of sp³-hybridized carbons (Fsp3) is 0.455. The van der Waals surface area contributed by atoms with Gasteiger partial charge < -0.3 is 15.3 Å². The summed E-state index contributed by atoms with van der Waals surface area (Å²) in [4.78, 5) is 1.96. The Morgan fingerprint density at radius 3 is 2.67 bits per heavy atom. The molecule has 0 aromatic heterocycles. The third-order valence-corrected chi connectivity index (χ3v) is 2.67. The van der Waals surface area contributed by atoms with Crippen molar-refractivity contribution in [1.29, 1.82) is 0 Å². The minimum Gasteiger partial charge on any atom is -0.390 e. The van der Waals surface area contributed by atoms with Crippen molar-refractivity contribution < 1.29 is 5.11 Å². The summed E-state index contributed by atoms with van der Waals surface area (Å²) in [5, 5.41) is 12.8. The summed E-state index contributed by atoms with van der Waals surface area (Å²) in [5.41, 5.74) is 1.01. The Hall–Kier alpha value is -0.580. The van der Waals surface area contributed by atoms with E-state index < -0.39 is 0 Å². The molecule has 1 aromatic rings. The molecule has 0 aliphatic heterocycles. The van der Waals surface area contributed by atoms with Crippen molar-refractivity contribution in [2.45, 2.75) is 6.10 Å². The summed E-state index contributed by atoms with van der Waals surface area (Å²) in [6.07, 6.45) is -0.355. The van der Waals surface area contributed by atoms with E-state index in [-0.39, 0.29) is 6.10 Å². The molecule has 0 radical (unpaired) electrons. The van der Waals surface area contributed by atoms with E-state index in [0.29, 0.717) is 13.1 Å². The Balaban J connectivity index is 2.40. The molecule has 0 aliphatic rings. The molecule has 0 fully saturated rings. The van der Waals surface area contributed by atoms with Crippen molar-refractivity contribution in [1.82, 2.24) is 4.90 Å². The van der Waals surface area contributed by atoms with Crippen LogP contribution >= 0.6 is 15.9 Å². The van der Waals surface area contributed by atoms with Gasteiger partial charge in [-0.05, 0) is 42.2 Å². The molecule has 0 heterocycles. The van der Waals surface area contributed by atoms with Gasteiger partial charge >= 0.3 is 0 Å². The van der Waals surface area contributed by atoms with Gasteiger partial charge in [0.15, 0.2) is 0 Å². The molecule has 0 amide bonds. The van der Waals surface area contributed by atoms with Crippen LogP contribution < -0.4 is 5.32 Å². The Bertz CT molecular complexity index is 304. The van der Waals surface area contributed by atoms with Crippen molar-refractivity contribution in [2.24, 2.45) is 0 Å². The summed E-state index contributed by atoms with van der Waals surface area (Å²) in [7, 11) is 3.89. The van der Waals surface area contributed by atoms with Gasteiger partial charge in [0.05, 0.1) is 6.10 Å². The minimum absolute atomic E-state index is 0.355. The monoisotopic (exact) mass is 272 g/mol. The highest BCUT2D eigenvalue weighted by Gasteiger charge is 2.05. The molecule has 4 heteroatoms. The van der Waals surface area contributed by atoms with E-state index in [1.807, 2.05) is 43.3 Å². The molecule has 0 bridgehead atoms. The molecule has 0 spiro atoms. The van der Waals surface area contributed by atoms with Crippen LogP contribution in [0.15, 0.2) is 28.7 Å². The fourth-order valence-corrected chi connectivity index (χ4v) is 1.74. The first-order valence-corrected chi connectivity index (χ1v) is 5.70. The van der Waals surface area contributed by atoms with Crippen LogP contribution in [0.1, 0.15) is 0 Å². The summed E-state index contributed by atoms with van der Waals surface area (Å²) < 4.78 is 1.02. The average Bonchev–Trinajstić information content (AvgIpc) is 2.15. The van der Waals surface area contributed by atoms with Crippen LogP contribution in [-0.4, -0.2) is 43.3 Å². The van der Waals surface area contributed by atoms with E-state index in [1.165, 1.54) is 0 Å². The number of nitrogens with zero attached hydrogens (tertiary/aromatic N) is 1. The van der Waals surface area contributed by atoms with Gasteiger partial charge in [-0.15, -0.1) is 0 Å². The van der Waals surface area contributed by atoms with Crippen LogP contribution in [0.2, 0.25) is 0 Å². The number of para-hydroxylation sites is 1. The number of hydrogen-bond acceptors (Lipinski definition) is 3. The first-order valence-electron chi connectivity index (χ1n) is 4.91. The van der Waals surface area contributed by atoms with Crippen LogP contribution in [-0.2, 0) is 0 Å². The van der Waals surface area contributed by atoms with Crippen molar-refractivity contribution in [3.63, 3.8) is 0 Å². The van der Waals surface area contributed by atoms with E-state index in [0.717, 1.165) is 10.2 Å². The molecular weight excluding hydrogens is 256 g/mol. The molecule has 84 valence electrons. The SMILES string of the molecule is CN(C)CC(O)CNc1ccccc1Br. The lowest BCUT2D eigenvalue weighted by molar-refractivity contribution is 0.148. The van der Waals surface area contributed by atoms with Gasteiger partial charge in [0.1, 0.15) is 0 Å². The number of aliphatic hydroxyl groups is 1. The van der Waals surface area contributed by atoms with Crippen LogP contribution in [0, 0.1) is 0 Å². The molecule has 1 aromatic carbocycles. The number of benzene rings is 1. The Morgan fingerprint density at radius 2 is 2.07 bits per heavy atom. The van der Waals surface area contributed by atoms with Gasteiger partial charge in [0.25, 0.3) is 0 Å². The number of halogens is 1. The fourth-order valence-electron chi connectivity index (χ4n) is 1.32. The van der Waals surface area contributed by atoms with Crippen molar-refractivity contribution in [3.05, 3.63) is 28.7 Å². The van der Waals surface area contributed by atoms with E-state index >= 15 is 0 Å². The highest BCUT2D eigenvalue weighted by atomic mass is 79.9. The molecular formula is C11H17BrN2O. The smallest absolute Gasteiger partial charge is 0.0838 e. The van der Waals surface area contributed by atoms with Gasteiger partial charge in [-0.25, -0.2) is 0 Å². The molecule has 1 unspecified atom stereocenters. The van der Waals surface area contributed by atoms with E-state index in [4.69, 9.17) is 0 Å². The normalized spacial score (nSPS) is 12.9. The molecule has 0 saturated heterocycles. The second kappa shape index (κ2) is 6.10. The standard InChI is InChI=1S/C11H17BrN2O/c1-14(2)8-9(15)7-13-11-6-4-3-5-10(11)12/h3-6,9,13,15H,7-8H2,1-2H3. The predicted molar refractivity (Wildman–Crippen MR) is 67.2 cm³/mol. The molecule has 3 nitrogen and oxygen atoms in total. The van der Waals surface area contributed by atoms with E-state index in [1.54, 1.807) is 0 Å². The van der Waals surface area contributed by atoms with Gasteiger partial charge in [-0.3, -0.25) is 0 Å². The van der Waals surface area contributed by atoms with Crippen LogP contribution in [0.4, 0.5) is 5.69 Å². The second-order valence-electron chi connectivity index (χ2n) is 3.78. The van der Waals surface area contributed by atoms with Gasteiger partial charge in [0.2, 0.25) is 0 Å². The number of hydrogen-bond donors (Lipinski definition) is 2. The topological polar surface area (TPSA) is 35.5 Å². The Labute approximate surface area is 99.2 Å². The van der Waals surface area contributed by atoms with Crippen molar-refractivity contribution in [2.75, 3.05) is 32.5 Å². The summed E-state index contributed by atoms with van der Waals surface area (Å²) >= 11 is 3.44. The molecule has 0 saturated carbocycles. The lowest BCUT2D eigenvalue weighted by Gasteiger charge is -2.17. The van der Waals surface area contributed by atoms with E-state index in [2.05, 4.69) is 21.2 Å². The third-order valence-electron chi connectivity index (χ3n) is 1.98. The van der Waals surface area contributed by atoms with Crippen LogP contribution in [0.3, 0.4) is 0 Å². The first-order chi connectivity index (χ1) is 7.09. The van der Waals surface area contributed by atoms with Gasteiger partial charge in [0, 0.05) is 23.2 Å². The maximum absolute atomic E-state index is 9.65. The molecule has 0 aliphatic carbocycles. The summed E-state index contributed by atoms with van der Waals surface area (Å²) in [6.45, 7) is 1.22. The quantitative estimate of drug-likeness (QED) is 0.858. The summed E-state index contributed by atoms with van der Waals surface area (Å²) in [6, 6.07) is 7.88. The molecule has 1 rings (SSSR count). The van der Waals surface area contributed by atoms with Crippen molar-refractivity contribution >= 4 is 21.6 Å². The largest absolute Gasteiger partial charge is 0.390 e. The highest BCUT2D eigenvalue weighted by molar-refractivity contribution is 9.10. The average molecular weight is 273 g/mol. The Morgan fingerprint density at radius 1 is 1.40 bits per heavy atom. The maximum atomic E-state index is 9.65. The number of aliphatic hydroxyl groups excluding tert-OH is 1. The zero-order valence-electron chi connectivity index (χ0n) is 9.07. The third kappa shape index (κ3) is 4.64. The number of rotatable bonds is 5. The zero-order valence-corrected chi connectivity index (χ0v) is 10.7. The van der Waals surface area contributed by atoms with Gasteiger partial charge in [-0.2, -0.15) is 0 Å². The van der Waals surface area contributed by atoms with Gasteiger partial charge in [-0.1, -0.05) is 12.1 Å². The molecule has 15 heavy (non-hydrogen) atoms. The number of likely N-dealkylation sites (N-methyl/N-ethyl adjacent to an activating group) is 1.